The first kappa shape index (κ1) is 18.4. The molecule has 1 aliphatic carbocycles. The smallest absolute Gasteiger partial charge is 0.270 e. The molecule has 1 fully saturated rings. The molecule has 26 heavy (non-hydrogen) atoms. The van der Waals surface area contributed by atoms with E-state index in [4.69, 9.17) is 11.6 Å². The van der Waals surface area contributed by atoms with Crippen LogP contribution in [0.1, 0.15) is 59.4 Å². The van der Waals surface area contributed by atoms with E-state index in [1.165, 1.54) is 25.1 Å². The van der Waals surface area contributed by atoms with Gasteiger partial charge in [0.1, 0.15) is 5.69 Å². The van der Waals surface area contributed by atoms with E-state index in [-0.39, 0.29) is 23.6 Å². The highest BCUT2D eigenvalue weighted by molar-refractivity contribution is 6.33. The highest BCUT2D eigenvalue weighted by Gasteiger charge is 2.18. The van der Waals surface area contributed by atoms with Gasteiger partial charge in [-0.1, -0.05) is 49.4 Å². The van der Waals surface area contributed by atoms with Crippen molar-refractivity contribution >= 4 is 29.1 Å². The Kier molecular flexibility index (Phi) is 6.23. The fraction of sp³-hybridized carbons (Fsp3) is 0.350. The van der Waals surface area contributed by atoms with Crippen molar-refractivity contribution in [3.63, 3.8) is 0 Å². The minimum atomic E-state index is -0.330. The van der Waals surface area contributed by atoms with Crippen molar-refractivity contribution < 1.29 is 9.59 Å². The van der Waals surface area contributed by atoms with Gasteiger partial charge in [-0.05, 0) is 37.1 Å². The molecule has 0 unspecified atom stereocenters. The van der Waals surface area contributed by atoms with Gasteiger partial charge in [0.25, 0.3) is 11.8 Å². The maximum atomic E-state index is 12.5. The van der Waals surface area contributed by atoms with E-state index in [2.05, 4.69) is 15.6 Å². The number of hydrogen-bond acceptors (Lipinski definition) is 3. The molecule has 1 saturated carbocycles. The second kappa shape index (κ2) is 8.81. The van der Waals surface area contributed by atoms with Crippen LogP contribution in [0.4, 0.5) is 5.69 Å². The fourth-order valence-corrected chi connectivity index (χ4v) is 3.32. The number of halogens is 1. The number of rotatable bonds is 4. The van der Waals surface area contributed by atoms with Gasteiger partial charge in [-0.15, -0.1) is 0 Å². The van der Waals surface area contributed by atoms with Crippen molar-refractivity contribution in [1.82, 2.24) is 10.3 Å². The van der Waals surface area contributed by atoms with Crippen LogP contribution in [0.3, 0.4) is 0 Å². The van der Waals surface area contributed by atoms with E-state index in [0.29, 0.717) is 16.3 Å². The standard InChI is InChI=1S/C20H22ClN3O2/c21-16-9-5-6-10-17(16)24-19(25)14-11-12-22-18(13-14)20(26)23-15-7-3-1-2-4-8-15/h5-6,9-13,15H,1-4,7-8H2,(H,23,26)(H,24,25). The van der Waals surface area contributed by atoms with E-state index in [0.717, 1.165) is 25.7 Å². The van der Waals surface area contributed by atoms with Crippen LogP contribution in [0, 0.1) is 0 Å². The summed E-state index contributed by atoms with van der Waals surface area (Å²) in [6.07, 6.45) is 8.20. The van der Waals surface area contributed by atoms with Gasteiger partial charge in [-0.3, -0.25) is 14.6 Å². The molecule has 0 bridgehead atoms. The predicted molar refractivity (Wildman–Crippen MR) is 103 cm³/mol. The number of para-hydroxylation sites is 1. The molecular formula is C20H22ClN3O2. The molecule has 1 aliphatic rings. The molecule has 6 heteroatoms. The summed E-state index contributed by atoms with van der Waals surface area (Å²) < 4.78 is 0. The van der Waals surface area contributed by atoms with Crippen LogP contribution in [0.15, 0.2) is 42.6 Å². The number of amides is 2. The summed E-state index contributed by atoms with van der Waals surface area (Å²) in [5.41, 5.74) is 1.15. The molecule has 3 rings (SSSR count). The van der Waals surface area contributed by atoms with Crippen LogP contribution >= 0.6 is 11.6 Å². The van der Waals surface area contributed by atoms with Gasteiger partial charge in [-0.2, -0.15) is 0 Å². The molecule has 1 heterocycles. The minimum absolute atomic E-state index is 0.187. The van der Waals surface area contributed by atoms with E-state index >= 15 is 0 Å². The van der Waals surface area contributed by atoms with Gasteiger partial charge < -0.3 is 10.6 Å². The van der Waals surface area contributed by atoms with Crippen molar-refractivity contribution in [2.24, 2.45) is 0 Å². The number of anilines is 1. The van der Waals surface area contributed by atoms with Crippen LogP contribution in [-0.4, -0.2) is 22.8 Å². The summed E-state index contributed by atoms with van der Waals surface area (Å²) >= 11 is 6.07. The minimum Gasteiger partial charge on any atom is -0.348 e. The molecule has 0 atom stereocenters. The van der Waals surface area contributed by atoms with E-state index < -0.39 is 0 Å². The number of carbonyl (C=O) groups excluding carboxylic acids is 2. The van der Waals surface area contributed by atoms with Crippen molar-refractivity contribution in [1.29, 1.82) is 0 Å². The van der Waals surface area contributed by atoms with E-state index in [1.54, 1.807) is 30.3 Å². The Morgan fingerprint density at radius 1 is 1.00 bits per heavy atom. The summed E-state index contributed by atoms with van der Waals surface area (Å²) in [7, 11) is 0. The second-order valence-corrected chi connectivity index (χ2v) is 6.93. The lowest BCUT2D eigenvalue weighted by atomic mass is 10.1. The van der Waals surface area contributed by atoms with Gasteiger partial charge in [0.2, 0.25) is 0 Å². The Morgan fingerprint density at radius 3 is 2.46 bits per heavy atom. The predicted octanol–water partition coefficient (Wildman–Crippen LogP) is 4.44. The van der Waals surface area contributed by atoms with Crippen molar-refractivity contribution in [2.45, 2.75) is 44.6 Å². The Morgan fingerprint density at radius 2 is 1.73 bits per heavy atom. The van der Waals surface area contributed by atoms with Crippen molar-refractivity contribution in [3.8, 4) is 0 Å². The Labute approximate surface area is 158 Å². The first-order chi connectivity index (χ1) is 12.6. The third-order valence-electron chi connectivity index (χ3n) is 4.57. The zero-order valence-corrected chi connectivity index (χ0v) is 15.3. The van der Waals surface area contributed by atoms with Crippen LogP contribution in [0.5, 0.6) is 0 Å². The summed E-state index contributed by atoms with van der Waals surface area (Å²) in [4.78, 5) is 29.1. The van der Waals surface area contributed by atoms with E-state index in [1.807, 2.05) is 0 Å². The van der Waals surface area contributed by atoms with Crippen molar-refractivity contribution in [3.05, 3.63) is 58.9 Å². The van der Waals surface area contributed by atoms with Gasteiger partial charge >= 0.3 is 0 Å². The third-order valence-corrected chi connectivity index (χ3v) is 4.90. The number of aromatic nitrogens is 1. The average molecular weight is 372 g/mol. The highest BCUT2D eigenvalue weighted by Crippen LogP contribution is 2.21. The molecule has 1 aromatic heterocycles. The molecule has 2 aromatic rings. The SMILES string of the molecule is O=C(Nc1ccccc1Cl)c1ccnc(C(=O)NC2CCCCCC2)c1. The molecule has 2 N–H and O–H groups in total. The Bertz CT molecular complexity index is 786. The van der Waals surface area contributed by atoms with E-state index in [9.17, 15) is 9.59 Å². The maximum absolute atomic E-state index is 12.5. The number of benzene rings is 1. The molecule has 136 valence electrons. The zero-order valence-electron chi connectivity index (χ0n) is 14.5. The number of nitrogens with zero attached hydrogens (tertiary/aromatic N) is 1. The summed E-state index contributed by atoms with van der Waals surface area (Å²) in [5.74, 6) is -0.562. The van der Waals surface area contributed by atoms with Gasteiger partial charge in [0.15, 0.2) is 0 Å². The fourth-order valence-electron chi connectivity index (χ4n) is 3.14. The second-order valence-electron chi connectivity index (χ2n) is 6.53. The summed E-state index contributed by atoms with van der Waals surface area (Å²) in [6, 6.07) is 10.3. The average Bonchev–Trinajstić information content (AvgIpc) is 2.92. The monoisotopic (exact) mass is 371 g/mol. The van der Waals surface area contributed by atoms with Gasteiger partial charge in [0.05, 0.1) is 10.7 Å². The zero-order chi connectivity index (χ0) is 18.4. The van der Waals surface area contributed by atoms with Crippen LogP contribution in [-0.2, 0) is 0 Å². The lowest BCUT2D eigenvalue weighted by molar-refractivity contribution is 0.0928. The number of carbonyl (C=O) groups is 2. The quantitative estimate of drug-likeness (QED) is 0.780. The van der Waals surface area contributed by atoms with Crippen LogP contribution in [0.2, 0.25) is 5.02 Å². The van der Waals surface area contributed by atoms with Crippen molar-refractivity contribution in [2.75, 3.05) is 5.32 Å². The third kappa shape index (κ3) is 4.82. The molecule has 0 saturated heterocycles. The lowest BCUT2D eigenvalue weighted by Crippen LogP contribution is -2.35. The van der Waals surface area contributed by atoms with Crippen LogP contribution < -0.4 is 10.6 Å². The summed E-state index contributed by atoms with van der Waals surface area (Å²) in [5, 5.41) is 6.26. The topological polar surface area (TPSA) is 71.1 Å². The maximum Gasteiger partial charge on any atom is 0.270 e. The normalized spacial score (nSPS) is 15.1. The number of pyridine rings is 1. The molecule has 1 aromatic carbocycles. The van der Waals surface area contributed by atoms with Gasteiger partial charge in [0, 0.05) is 17.8 Å². The van der Waals surface area contributed by atoms with Crippen LogP contribution in [0.25, 0.3) is 0 Å². The summed E-state index contributed by atoms with van der Waals surface area (Å²) in [6.45, 7) is 0. The molecular weight excluding hydrogens is 350 g/mol. The number of nitrogens with one attached hydrogen (secondary N) is 2. The largest absolute Gasteiger partial charge is 0.348 e. The molecule has 2 amide bonds. The van der Waals surface area contributed by atoms with Gasteiger partial charge in [-0.25, -0.2) is 0 Å². The highest BCUT2D eigenvalue weighted by atomic mass is 35.5. The molecule has 0 spiro atoms. The molecule has 0 aliphatic heterocycles. The first-order valence-electron chi connectivity index (χ1n) is 8.96. The number of hydrogen-bond donors (Lipinski definition) is 2. The Hall–Kier alpha value is -2.40. The first-order valence-corrected chi connectivity index (χ1v) is 9.34. The molecule has 5 nitrogen and oxygen atoms in total. The molecule has 0 radical (unpaired) electrons. The lowest BCUT2D eigenvalue weighted by Gasteiger charge is -2.16. The Balaban J connectivity index is 1.68.